The number of fused-ring (bicyclic) bond motifs is 1. The quantitative estimate of drug-likeness (QED) is 0.884. The highest BCUT2D eigenvalue weighted by Gasteiger charge is 2.21. The van der Waals surface area contributed by atoms with Crippen LogP contribution in [0.2, 0.25) is 0 Å². The van der Waals surface area contributed by atoms with E-state index >= 15 is 0 Å². The number of amides is 1. The minimum atomic E-state index is -0.161. The van der Waals surface area contributed by atoms with E-state index < -0.39 is 0 Å². The van der Waals surface area contributed by atoms with Crippen molar-refractivity contribution in [3.63, 3.8) is 0 Å². The van der Waals surface area contributed by atoms with Crippen LogP contribution in [0, 0.1) is 6.92 Å². The summed E-state index contributed by atoms with van der Waals surface area (Å²) >= 11 is 1.52. The van der Waals surface area contributed by atoms with Gasteiger partial charge in [-0.05, 0) is 38.3 Å². The highest BCUT2D eigenvalue weighted by molar-refractivity contribution is 7.15. The number of thiazole rings is 1. The van der Waals surface area contributed by atoms with Gasteiger partial charge in [0.25, 0.3) is 5.91 Å². The Hall–Kier alpha value is -1.79. The zero-order chi connectivity index (χ0) is 14.1. The summed E-state index contributed by atoms with van der Waals surface area (Å²) in [4.78, 5) is 22.0. The Kier molecular flexibility index (Phi) is 3.50. The number of pyridine rings is 1. The topological polar surface area (TPSA) is 80.9 Å². The molecule has 0 bridgehead atoms. The molecule has 0 saturated heterocycles. The SMILES string of the molecule is Cc1ncccc1C(=O)Nc1nc2c(s1)C[C@@H](N)CC2. The third-order valence-electron chi connectivity index (χ3n) is 3.45. The second kappa shape index (κ2) is 5.30. The highest BCUT2D eigenvalue weighted by atomic mass is 32.1. The summed E-state index contributed by atoms with van der Waals surface area (Å²) in [6, 6.07) is 3.74. The van der Waals surface area contributed by atoms with Gasteiger partial charge in [-0.3, -0.25) is 15.1 Å². The smallest absolute Gasteiger partial charge is 0.259 e. The van der Waals surface area contributed by atoms with Crippen molar-refractivity contribution in [2.75, 3.05) is 5.32 Å². The average molecular weight is 288 g/mol. The number of anilines is 1. The molecule has 0 spiro atoms. The van der Waals surface area contributed by atoms with Crippen molar-refractivity contribution in [2.45, 2.75) is 32.2 Å². The molecule has 1 aliphatic rings. The number of nitrogens with two attached hydrogens (primary N) is 1. The third kappa shape index (κ3) is 2.57. The first kappa shape index (κ1) is 13.2. The highest BCUT2D eigenvalue weighted by Crippen LogP contribution is 2.29. The molecule has 1 aliphatic carbocycles. The van der Waals surface area contributed by atoms with Gasteiger partial charge >= 0.3 is 0 Å². The van der Waals surface area contributed by atoms with E-state index in [4.69, 9.17) is 5.73 Å². The summed E-state index contributed by atoms with van der Waals surface area (Å²) in [5.74, 6) is -0.161. The number of aryl methyl sites for hydroxylation is 2. The fourth-order valence-electron chi connectivity index (χ4n) is 2.34. The summed E-state index contributed by atoms with van der Waals surface area (Å²) in [5.41, 5.74) is 8.33. The maximum Gasteiger partial charge on any atom is 0.259 e. The van der Waals surface area contributed by atoms with Gasteiger partial charge in [-0.15, -0.1) is 11.3 Å². The lowest BCUT2D eigenvalue weighted by atomic mass is 9.99. The average Bonchev–Trinajstić information content (AvgIpc) is 2.80. The van der Waals surface area contributed by atoms with E-state index in [1.54, 1.807) is 18.3 Å². The van der Waals surface area contributed by atoms with E-state index in [0.717, 1.165) is 25.0 Å². The van der Waals surface area contributed by atoms with Crippen LogP contribution < -0.4 is 11.1 Å². The predicted octanol–water partition coefficient (Wildman–Crippen LogP) is 1.91. The molecular weight excluding hydrogens is 272 g/mol. The second-order valence-electron chi connectivity index (χ2n) is 4.98. The number of nitrogens with zero attached hydrogens (tertiary/aromatic N) is 2. The molecule has 0 unspecified atom stereocenters. The van der Waals surface area contributed by atoms with E-state index in [2.05, 4.69) is 15.3 Å². The fourth-order valence-corrected chi connectivity index (χ4v) is 3.44. The number of nitrogens with one attached hydrogen (secondary N) is 1. The van der Waals surface area contributed by atoms with Crippen molar-refractivity contribution in [2.24, 2.45) is 5.73 Å². The van der Waals surface area contributed by atoms with Gasteiger partial charge in [-0.25, -0.2) is 4.98 Å². The molecule has 2 aromatic rings. The lowest BCUT2D eigenvalue weighted by Gasteiger charge is -2.15. The molecule has 5 nitrogen and oxygen atoms in total. The van der Waals surface area contributed by atoms with E-state index in [9.17, 15) is 4.79 Å². The number of carbonyl (C=O) groups excluding carboxylic acids is 1. The number of hydrogen-bond acceptors (Lipinski definition) is 5. The van der Waals surface area contributed by atoms with Crippen LogP contribution in [-0.2, 0) is 12.8 Å². The van der Waals surface area contributed by atoms with Crippen molar-refractivity contribution in [1.82, 2.24) is 9.97 Å². The number of hydrogen-bond donors (Lipinski definition) is 2. The van der Waals surface area contributed by atoms with Crippen molar-refractivity contribution in [3.05, 3.63) is 40.2 Å². The molecule has 6 heteroatoms. The standard InChI is InChI=1S/C14H16N4OS/c1-8-10(3-2-6-16-8)13(19)18-14-17-11-5-4-9(15)7-12(11)20-14/h2-3,6,9H,4-5,7,15H2,1H3,(H,17,18,19)/t9-/m0/s1. The Morgan fingerprint density at radius 1 is 1.55 bits per heavy atom. The summed E-state index contributed by atoms with van der Waals surface area (Å²) in [7, 11) is 0. The van der Waals surface area contributed by atoms with Crippen LogP contribution in [0.5, 0.6) is 0 Å². The van der Waals surface area contributed by atoms with E-state index in [1.165, 1.54) is 16.2 Å². The maximum absolute atomic E-state index is 12.2. The molecular formula is C14H16N4OS. The third-order valence-corrected chi connectivity index (χ3v) is 4.49. The summed E-state index contributed by atoms with van der Waals surface area (Å²) in [5, 5.41) is 3.51. The molecule has 0 fully saturated rings. The number of aromatic nitrogens is 2. The molecule has 2 aromatic heterocycles. The van der Waals surface area contributed by atoms with Crippen LogP contribution in [0.25, 0.3) is 0 Å². The zero-order valence-corrected chi connectivity index (χ0v) is 12.0. The van der Waals surface area contributed by atoms with Gasteiger partial charge in [0.1, 0.15) is 0 Å². The van der Waals surface area contributed by atoms with Gasteiger partial charge in [0.05, 0.1) is 11.3 Å². The maximum atomic E-state index is 12.2. The van der Waals surface area contributed by atoms with Crippen LogP contribution >= 0.6 is 11.3 Å². The molecule has 1 amide bonds. The van der Waals surface area contributed by atoms with E-state index in [0.29, 0.717) is 16.4 Å². The summed E-state index contributed by atoms with van der Waals surface area (Å²) in [6.45, 7) is 1.82. The Bertz CT molecular complexity index is 652. The molecule has 0 aliphatic heterocycles. The molecule has 2 heterocycles. The minimum absolute atomic E-state index is 0.161. The summed E-state index contributed by atoms with van der Waals surface area (Å²) in [6.07, 6.45) is 4.39. The first-order valence-electron chi connectivity index (χ1n) is 6.60. The summed E-state index contributed by atoms with van der Waals surface area (Å²) < 4.78 is 0. The molecule has 3 N–H and O–H groups in total. The fraction of sp³-hybridized carbons (Fsp3) is 0.357. The van der Waals surface area contributed by atoms with Gasteiger partial charge in [0, 0.05) is 22.8 Å². The van der Waals surface area contributed by atoms with Crippen molar-refractivity contribution in [3.8, 4) is 0 Å². The normalized spacial score (nSPS) is 17.6. The molecule has 0 saturated carbocycles. The minimum Gasteiger partial charge on any atom is -0.327 e. The molecule has 104 valence electrons. The lowest BCUT2D eigenvalue weighted by molar-refractivity contribution is 0.102. The van der Waals surface area contributed by atoms with E-state index in [1.807, 2.05) is 6.92 Å². The number of rotatable bonds is 2. The van der Waals surface area contributed by atoms with Gasteiger partial charge in [0.15, 0.2) is 5.13 Å². The van der Waals surface area contributed by atoms with Crippen molar-refractivity contribution < 1.29 is 4.79 Å². The van der Waals surface area contributed by atoms with E-state index in [-0.39, 0.29) is 11.9 Å². The zero-order valence-electron chi connectivity index (χ0n) is 11.2. The molecule has 3 rings (SSSR count). The largest absolute Gasteiger partial charge is 0.327 e. The second-order valence-corrected chi connectivity index (χ2v) is 6.07. The van der Waals surface area contributed by atoms with Gasteiger partial charge in [0.2, 0.25) is 0 Å². The van der Waals surface area contributed by atoms with Gasteiger partial charge in [-0.1, -0.05) is 0 Å². The van der Waals surface area contributed by atoms with Crippen LogP contribution in [-0.4, -0.2) is 21.9 Å². The number of carbonyl (C=O) groups is 1. The predicted molar refractivity (Wildman–Crippen MR) is 79.0 cm³/mol. The molecule has 1 atom stereocenters. The van der Waals surface area contributed by atoms with Gasteiger partial charge in [-0.2, -0.15) is 0 Å². The lowest BCUT2D eigenvalue weighted by Crippen LogP contribution is -2.27. The van der Waals surface area contributed by atoms with Crippen LogP contribution in [0.3, 0.4) is 0 Å². The molecule has 20 heavy (non-hydrogen) atoms. The Morgan fingerprint density at radius 2 is 2.40 bits per heavy atom. The van der Waals surface area contributed by atoms with Crippen molar-refractivity contribution in [1.29, 1.82) is 0 Å². The monoisotopic (exact) mass is 288 g/mol. The van der Waals surface area contributed by atoms with Crippen molar-refractivity contribution >= 4 is 22.4 Å². The van der Waals surface area contributed by atoms with Crippen LogP contribution in [0.15, 0.2) is 18.3 Å². The van der Waals surface area contributed by atoms with Crippen LogP contribution in [0.4, 0.5) is 5.13 Å². The Morgan fingerprint density at radius 3 is 3.20 bits per heavy atom. The first-order chi connectivity index (χ1) is 9.63. The molecule has 0 aromatic carbocycles. The Labute approximate surface area is 121 Å². The van der Waals surface area contributed by atoms with Crippen LogP contribution in [0.1, 0.15) is 33.0 Å². The Balaban J connectivity index is 1.79. The van der Waals surface area contributed by atoms with Gasteiger partial charge < -0.3 is 5.73 Å². The first-order valence-corrected chi connectivity index (χ1v) is 7.42. The molecule has 0 radical (unpaired) electrons.